The Hall–Kier alpha value is -3.33. The van der Waals surface area contributed by atoms with Crippen LogP contribution in [0, 0.1) is 6.07 Å². The molecule has 2 heterocycles. The number of rotatable bonds is 2. The molecule has 149 valence electrons. The van der Waals surface area contributed by atoms with E-state index in [1.165, 1.54) is 10.8 Å². The fraction of sp³-hybridized carbons (Fsp3) is 0. The number of aromatic hydroxyl groups is 1. The zero-order valence-electron chi connectivity index (χ0n) is 16.1. The van der Waals surface area contributed by atoms with Crippen molar-refractivity contribution in [2.24, 2.45) is 0 Å². The fourth-order valence-electron chi connectivity index (χ4n) is 3.00. The van der Waals surface area contributed by atoms with E-state index in [-0.39, 0.29) is 25.9 Å². The summed E-state index contributed by atoms with van der Waals surface area (Å²) in [4.78, 5) is 8.60. The molecule has 3 nitrogen and oxygen atoms in total. The Bertz CT molecular complexity index is 1210. The Labute approximate surface area is 189 Å². The van der Waals surface area contributed by atoms with Crippen molar-refractivity contribution < 1.29 is 25.2 Å². The van der Waals surface area contributed by atoms with Crippen LogP contribution in [0.15, 0.2) is 109 Å². The molecule has 1 radical (unpaired) electrons. The maximum Gasteiger partial charge on any atom is 0.124 e. The SMILES string of the molecule is Oc1ccccc1-c1ccccn1.[Ir].[c-]1ccccc1-c1cc2ccccc2cn1. The minimum atomic E-state index is 0. The Morgan fingerprint density at radius 2 is 1.40 bits per heavy atom. The van der Waals surface area contributed by atoms with E-state index in [0.29, 0.717) is 0 Å². The molecule has 2 aromatic heterocycles. The summed E-state index contributed by atoms with van der Waals surface area (Å²) in [6.07, 6.45) is 3.62. The molecule has 0 aliphatic rings. The van der Waals surface area contributed by atoms with E-state index in [1.54, 1.807) is 18.3 Å². The number of hydrogen-bond donors (Lipinski definition) is 1. The summed E-state index contributed by atoms with van der Waals surface area (Å²) in [7, 11) is 0. The monoisotopic (exact) mass is 568 g/mol. The molecule has 0 saturated heterocycles. The van der Waals surface area contributed by atoms with E-state index < -0.39 is 0 Å². The standard InChI is InChI=1S/C15H10N.C11H9NO.Ir/c1-2-6-12(7-3-1)15-10-13-8-4-5-9-14(13)11-16-15;13-11-7-2-1-5-9(11)10-6-3-4-8-12-10;/h1-6,8-11H;1-8,13H;/q-1;;. The summed E-state index contributed by atoms with van der Waals surface area (Å²) in [5, 5.41) is 11.9. The summed E-state index contributed by atoms with van der Waals surface area (Å²) in [5.74, 6) is 0.265. The Morgan fingerprint density at radius 1 is 0.667 bits per heavy atom. The first-order valence-electron chi connectivity index (χ1n) is 9.32. The third-order valence-electron chi connectivity index (χ3n) is 4.46. The van der Waals surface area contributed by atoms with Crippen molar-refractivity contribution >= 4 is 10.8 Å². The van der Waals surface area contributed by atoms with Gasteiger partial charge in [-0.15, -0.1) is 35.9 Å². The first-order chi connectivity index (χ1) is 14.3. The van der Waals surface area contributed by atoms with Gasteiger partial charge < -0.3 is 10.1 Å². The molecule has 0 unspecified atom stereocenters. The van der Waals surface area contributed by atoms with Gasteiger partial charge in [-0.25, -0.2) is 0 Å². The molecule has 4 heteroatoms. The first-order valence-corrected chi connectivity index (χ1v) is 9.32. The predicted molar refractivity (Wildman–Crippen MR) is 117 cm³/mol. The second-order valence-corrected chi connectivity index (χ2v) is 6.43. The van der Waals surface area contributed by atoms with E-state index in [1.807, 2.05) is 72.9 Å². The molecule has 0 fully saturated rings. The van der Waals surface area contributed by atoms with E-state index in [0.717, 1.165) is 22.5 Å². The van der Waals surface area contributed by atoms with Crippen LogP contribution < -0.4 is 0 Å². The van der Waals surface area contributed by atoms with Crippen molar-refractivity contribution in [3.05, 3.63) is 116 Å². The van der Waals surface area contributed by atoms with Crippen LogP contribution in [0.25, 0.3) is 33.3 Å². The zero-order valence-corrected chi connectivity index (χ0v) is 18.5. The number of benzene rings is 3. The molecule has 0 aliphatic heterocycles. The van der Waals surface area contributed by atoms with Crippen molar-refractivity contribution in [1.29, 1.82) is 0 Å². The van der Waals surface area contributed by atoms with Crippen molar-refractivity contribution in [1.82, 2.24) is 9.97 Å². The quantitative estimate of drug-likeness (QED) is 0.260. The number of phenolic OH excluding ortho intramolecular Hbond substituents is 1. The van der Waals surface area contributed by atoms with Crippen LogP contribution in [0.5, 0.6) is 5.75 Å². The molecule has 0 aliphatic carbocycles. The summed E-state index contributed by atoms with van der Waals surface area (Å²) in [6, 6.07) is 34.2. The predicted octanol–water partition coefficient (Wildman–Crippen LogP) is 6.15. The van der Waals surface area contributed by atoms with Gasteiger partial charge in [-0.2, -0.15) is 0 Å². The van der Waals surface area contributed by atoms with Gasteiger partial charge >= 0.3 is 0 Å². The molecule has 3 aromatic carbocycles. The number of aromatic nitrogens is 2. The minimum absolute atomic E-state index is 0. The van der Waals surface area contributed by atoms with Crippen LogP contribution in [0.4, 0.5) is 0 Å². The maximum absolute atomic E-state index is 9.52. The minimum Gasteiger partial charge on any atom is -0.507 e. The molecule has 5 aromatic rings. The van der Waals surface area contributed by atoms with Crippen molar-refractivity contribution in [2.75, 3.05) is 0 Å². The van der Waals surface area contributed by atoms with E-state index >= 15 is 0 Å². The van der Waals surface area contributed by atoms with Crippen LogP contribution >= 0.6 is 0 Å². The maximum atomic E-state index is 9.52. The van der Waals surface area contributed by atoms with Crippen molar-refractivity contribution in [3.8, 4) is 28.3 Å². The largest absolute Gasteiger partial charge is 0.507 e. The number of fused-ring (bicyclic) bond motifs is 1. The fourth-order valence-corrected chi connectivity index (χ4v) is 3.00. The second-order valence-electron chi connectivity index (χ2n) is 6.43. The van der Waals surface area contributed by atoms with Gasteiger partial charge in [0.2, 0.25) is 0 Å². The van der Waals surface area contributed by atoms with Gasteiger partial charge in [-0.05, 0) is 40.7 Å². The average Bonchev–Trinajstić information content (AvgIpc) is 2.81. The van der Waals surface area contributed by atoms with Crippen LogP contribution in [0.1, 0.15) is 0 Å². The van der Waals surface area contributed by atoms with Gasteiger partial charge in [0.25, 0.3) is 0 Å². The smallest absolute Gasteiger partial charge is 0.124 e. The summed E-state index contributed by atoms with van der Waals surface area (Å²) in [5.41, 5.74) is 3.57. The molecule has 0 saturated carbocycles. The van der Waals surface area contributed by atoms with Gasteiger partial charge in [0.15, 0.2) is 0 Å². The van der Waals surface area contributed by atoms with Crippen molar-refractivity contribution in [3.63, 3.8) is 0 Å². The summed E-state index contributed by atoms with van der Waals surface area (Å²) >= 11 is 0. The average molecular weight is 568 g/mol. The van der Waals surface area contributed by atoms with Crippen LogP contribution in [0.2, 0.25) is 0 Å². The van der Waals surface area contributed by atoms with Crippen LogP contribution in [0.3, 0.4) is 0 Å². The van der Waals surface area contributed by atoms with Crippen LogP contribution in [-0.4, -0.2) is 15.1 Å². The normalized spacial score (nSPS) is 9.87. The molecular weight excluding hydrogens is 549 g/mol. The number of pyridine rings is 2. The van der Waals surface area contributed by atoms with Crippen molar-refractivity contribution in [2.45, 2.75) is 0 Å². The third kappa shape index (κ3) is 5.18. The molecule has 5 rings (SSSR count). The van der Waals surface area contributed by atoms with Gasteiger partial charge in [-0.3, -0.25) is 4.98 Å². The van der Waals surface area contributed by atoms with Crippen LogP contribution in [-0.2, 0) is 20.1 Å². The molecule has 0 bridgehead atoms. The second kappa shape index (κ2) is 10.4. The molecule has 0 atom stereocenters. The first kappa shape index (κ1) is 21.4. The van der Waals surface area contributed by atoms with Gasteiger partial charge in [0.1, 0.15) is 5.75 Å². The van der Waals surface area contributed by atoms with E-state index in [2.05, 4.69) is 34.2 Å². The number of para-hydroxylation sites is 1. The Balaban J connectivity index is 0.000000169. The van der Waals surface area contributed by atoms with E-state index in [4.69, 9.17) is 0 Å². The van der Waals surface area contributed by atoms with Gasteiger partial charge in [0.05, 0.1) is 5.69 Å². The third-order valence-corrected chi connectivity index (χ3v) is 4.46. The Kier molecular flexibility index (Phi) is 7.45. The summed E-state index contributed by atoms with van der Waals surface area (Å²) < 4.78 is 0. The number of hydrogen-bond acceptors (Lipinski definition) is 3. The zero-order chi connectivity index (χ0) is 19.9. The summed E-state index contributed by atoms with van der Waals surface area (Å²) in [6.45, 7) is 0. The van der Waals surface area contributed by atoms with Gasteiger partial charge in [0, 0.05) is 38.1 Å². The molecule has 0 spiro atoms. The Morgan fingerprint density at radius 3 is 2.13 bits per heavy atom. The number of nitrogens with zero attached hydrogens (tertiary/aromatic N) is 2. The van der Waals surface area contributed by atoms with Gasteiger partial charge in [-0.1, -0.05) is 48.5 Å². The number of phenols is 1. The topological polar surface area (TPSA) is 46.0 Å². The van der Waals surface area contributed by atoms with E-state index in [9.17, 15) is 5.11 Å². The molecule has 30 heavy (non-hydrogen) atoms. The molecule has 1 N–H and O–H groups in total. The molecular formula is C26H19IrN2O-. The molecule has 0 amide bonds.